The lowest BCUT2D eigenvalue weighted by atomic mass is 9.89. The summed E-state index contributed by atoms with van der Waals surface area (Å²) in [6, 6.07) is 5.65. The Morgan fingerprint density at radius 2 is 2.22 bits per heavy atom. The summed E-state index contributed by atoms with van der Waals surface area (Å²) in [6.45, 7) is 0. The van der Waals surface area contributed by atoms with Crippen molar-refractivity contribution in [2.75, 3.05) is 7.05 Å². The molecule has 1 aromatic carbocycles. The number of phenols is 1. The standard InChI is InChI=1S/C19H20FN5OS/c1-21-13-2-5-16(20)12(8-13)9-18-23-24-19(27-18)15-4-3-14(10-17(15)26)25-7-6-22-11-25/h3-4,6-7,9-11,13,16,21,26H,2,5,8H2,1H3/b12-9-. The molecule has 1 fully saturated rings. The summed E-state index contributed by atoms with van der Waals surface area (Å²) in [5.74, 6) is 0.118. The van der Waals surface area contributed by atoms with Crippen molar-refractivity contribution in [3.63, 3.8) is 0 Å². The molecular weight excluding hydrogens is 365 g/mol. The molecule has 2 aromatic heterocycles. The number of nitrogens with zero attached hydrogens (tertiary/aromatic N) is 4. The van der Waals surface area contributed by atoms with Gasteiger partial charge in [0, 0.05) is 24.5 Å². The average molecular weight is 385 g/mol. The molecule has 0 spiro atoms. The van der Waals surface area contributed by atoms with Gasteiger partial charge in [-0.25, -0.2) is 9.37 Å². The van der Waals surface area contributed by atoms with Crippen LogP contribution in [0, 0.1) is 0 Å². The molecule has 2 heterocycles. The number of rotatable bonds is 4. The van der Waals surface area contributed by atoms with Gasteiger partial charge in [0.05, 0.1) is 17.6 Å². The van der Waals surface area contributed by atoms with E-state index in [1.54, 1.807) is 36.9 Å². The first-order valence-electron chi connectivity index (χ1n) is 8.81. The molecule has 2 atom stereocenters. The van der Waals surface area contributed by atoms with E-state index < -0.39 is 6.17 Å². The van der Waals surface area contributed by atoms with Gasteiger partial charge in [-0.05, 0) is 50.1 Å². The molecule has 1 aliphatic carbocycles. The normalized spacial score (nSPS) is 21.6. The highest BCUT2D eigenvalue weighted by Crippen LogP contribution is 2.35. The largest absolute Gasteiger partial charge is 0.507 e. The van der Waals surface area contributed by atoms with Crippen LogP contribution in [0.2, 0.25) is 0 Å². The van der Waals surface area contributed by atoms with E-state index in [4.69, 9.17) is 0 Å². The summed E-state index contributed by atoms with van der Waals surface area (Å²) in [5, 5.41) is 23.2. The van der Waals surface area contributed by atoms with Gasteiger partial charge in [-0.1, -0.05) is 11.3 Å². The highest BCUT2D eigenvalue weighted by Gasteiger charge is 2.24. The molecule has 6 nitrogen and oxygen atoms in total. The maximum atomic E-state index is 14.2. The summed E-state index contributed by atoms with van der Waals surface area (Å²) in [6.07, 6.45) is 8.07. The van der Waals surface area contributed by atoms with Gasteiger partial charge in [-0.15, -0.1) is 10.2 Å². The van der Waals surface area contributed by atoms with E-state index in [1.165, 1.54) is 11.3 Å². The molecule has 27 heavy (non-hydrogen) atoms. The number of benzene rings is 1. The fourth-order valence-electron chi connectivity index (χ4n) is 3.28. The van der Waals surface area contributed by atoms with Gasteiger partial charge in [0.2, 0.25) is 0 Å². The molecule has 1 saturated carbocycles. The third-order valence-electron chi connectivity index (χ3n) is 4.83. The lowest BCUT2D eigenvalue weighted by Crippen LogP contribution is -2.32. The minimum absolute atomic E-state index is 0.118. The van der Waals surface area contributed by atoms with Crippen molar-refractivity contribution >= 4 is 17.4 Å². The van der Waals surface area contributed by atoms with Crippen LogP contribution >= 0.6 is 11.3 Å². The minimum atomic E-state index is -0.926. The number of phenolic OH excluding ortho intramolecular Hbond substituents is 1. The number of nitrogens with one attached hydrogen (secondary N) is 1. The first-order valence-corrected chi connectivity index (χ1v) is 9.62. The summed E-state index contributed by atoms with van der Waals surface area (Å²) in [5.41, 5.74) is 2.17. The SMILES string of the molecule is CNC1CCC(F)/C(=C\c2nnc(-c3ccc(-n4ccnc4)cc3O)s2)C1. The molecule has 0 aliphatic heterocycles. The van der Waals surface area contributed by atoms with Gasteiger partial charge in [0.25, 0.3) is 0 Å². The molecule has 4 rings (SSSR count). The molecule has 2 N–H and O–H groups in total. The van der Waals surface area contributed by atoms with Crippen LogP contribution in [0.25, 0.3) is 22.3 Å². The summed E-state index contributed by atoms with van der Waals surface area (Å²) in [4.78, 5) is 4.00. The van der Waals surface area contributed by atoms with Crippen LogP contribution in [0.3, 0.4) is 0 Å². The maximum Gasteiger partial charge on any atom is 0.151 e. The number of aromatic hydroxyl groups is 1. The van der Waals surface area contributed by atoms with Gasteiger partial charge < -0.3 is 15.0 Å². The van der Waals surface area contributed by atoms with E-state index in [2.05, 4.69) is 20.5 Å². The van der Waals surface area contributed by atoms with Crippen LogP contribution < -0.4 is 5.32 Å². The van der Waals surface area contributed by atoms with E-state index >= 15 is 0 Å². The van der Waals surface area contributed by atoms with E-state index in [0.717, 1.165) is 17.7 Å². The van der Waals surface area contributed by atoms with Gasteiger partial charge in [0.1, 0.15) is 16.9 Å². The van der Waals surface area contributed by atoms with E-state index in [-0.39, 0.29) is 5.75 Å². The van der Waals surface area contributed by atoms with E-state index in [0.29, 0.717) is 34.5 Å². The maximum absolute atomic E-state index is 14.2. The molecule has 8 heteroatoms. The smallest absolute Gasteiger partial charge is 0.151 e. The van der Waals surface area contributed by atoms with Crippen molar-refractivity contribution in [3.8, 4) is 22.0 Å². The Morgan fingerprint density at radius 3 is 2.96 bits per heavy atom. The molecule has 1 aliphatic rings. The number of imidazole rings is 1. The van der Waals surface area contributed by atoms with Crippen molar-refractivity contribution in [2.24, 2.45) is 0 Å². The molecule has 0 radical (unpaired) electrons. The first kappa shape index (κ1) is 17.8. The van der Waals surface area contributed by atoms with Gasteiger partial charge >= 0.3 is 0 Å². The highest BCUT2D eigenvalue weighted by atomic mass is 32.1. The van der Waals surface area contributed by atoms with Crippen LogP contribution in [0.1, 0.15) is 24.3 Å². The van der Waals surface area contributed by atoms with Crippen molar-refractivity contribution < 1.29 is 9.50 Å². The molecular formula is C19H20FN5OS. The van der Waals surface area contributed by atoms with Crippen LogP contribution in [-0.4, -0.2) is 44.1 Å². The number of aromatic nitrogens is 4. The second kappa shape index (κ2) is 7.58. The van der Waals surface area contributed by atoms with E-state index in [9.17, 15) is 9.50 Å². The Kier molecular flexibility index (Phi) is 5.00. The van der Waals surface area contributed by atoms with Crippen molar-refractivity contribution in [2.45, 2.75) is 31.5 Å². The fourth-order valence-corrected chi connectivity index (χ4v) is 4.13. The minimum Gasteiger partial charge on any atom is -0.507 e. The molecule has 2 unspecified atom stereocenters. The van der Waals surface area contributed by atoms with Crippen molar-refractivity contribution in [3.05, 3.63) is 47.5 Å². The average Bonchev–Trinajstić information content (AvgIpc) is 3.35. The fraction of sp³-hybridized carbons (Fsp3) is 0.316. The van der Waals surface area contributed by atoms with Gasteiger partial charge in [-0.2, -0.15) is 0 Å². The summed E-state index contributed by atoms with van der Waals surface area (Å²) in [7, 11) is 1.90. The van der Waals surface area contributed by atoms with Crippen molar-refractivity contribution in [1.82, 2.24) is 25.1 Å². The lowest BCUT2D eigenvalue weighted by molar-refractivity contribution is 0.290. The summed E-state index contributed by atoms with van der Waals surface area (Å²) < 4.78 is 16.0. The van der Waals surface area contributed by atoms with Crippen LogP contribution in [0.5, 0.6) is 5.75 Å². The molecule has 140 valence electrons. The number of hydrogen-bond donors (Lipinski definition) is 2. The Balaban J connectivity index is 1.58. The third kappa shape index (κ3) is 3.77. The van der Waals surface area contributed by atoms with Crippen LogP contribution in [-0.2, 0) is 0 Å². The Hall–Kier alpha value is -2.58. The number of hydrogen-bond acceptors (Lipinski definition) is 6. The zero-order chi connectivity index (χ0) is 18.8. The predicted octanol–water partition coefficient (Wildman–Crippen LogP) is 3.59. The molecule has 3 aromatic rings. The molecule has 0 saturated heterocycles. The third-order valence-corrected chi connectivity index (χ3v) is 5.73. The zero-order valence-corrected chi connectivity index (χ0v) is 15.7. The molecule has 0 bridgehead atoms. The van der Waals surface area contributed by atoms with Gasteiger partial charge in [-0.3, -0.25) is 0 Å². The van der Waals surface area contributed by atoms with Gasteiger partial charge in [0.15, 0.2) is 5.01 Å². The second-order valence-corrected chi connectivity index (χ2v) is 7.58. The monoisotopic (exact) mass is 385 g/mol. The second-order valence-electron chi connectivity index (χ2n) is 6.57. The van der Waals surface area contributed by atoms with Crippen LogP contribution in [0.4, 0.5) is 4.39 Å². The highest BCUT2D eigenvalue weighted by molar-refractivity contribution is 7.15. The summed E-state index contributed by atoms with van der Waals surface area (Å²) >= 11 is 1.34. The Morgan fingerprint density at radius 1 is 1.33 bits per heavy atom. The predicted molar refractivity (Wildman–Crippen MR) is 104 cm³/mol. The van der Waals surface area contributed by atoms with Crippen LogP contribution in [0.15, 0.2) is 42.5 Å². The molecule has 0 amide bonds. The quantitative estimate of drug-likeness (QED) is 0.718. The first-order chi connectivity index (χ1) is 13.1. The lowest BCUT2D eigenvalue weighted by Gasteiger charge is -2.26. The van der Waals surface area contributed by atoms with E-state index in [1.807, 2.05) is 17.7 Å². The number of halogens is 1. The van der Waals surface area contributed by atoms with Crippen molar-refractivity contribution in [1.29, 1.82) is 0 Å². The topological polar surface area (TPSA) is 75.9 Å². The Labute approximate surface area is 160 Å². The number of alkyl halides is 1. The zero-order valence-electron chi connectivity index (χ0n) is 14.8. The Bertz CT molecular complexity index is 953.